The number of nitrogens with one attached hydrogen (secondary N) is 1. The van der Waals surface area contributed by atoms with Crippen LogP contribution in [0.3, 0.4) is 0 Å². The number of non-ortho nitro benzene ring substituents is 1. The Bertz CT molecular complexity index is 1010. The molecule has 0 amide bonds. The summed E-state index contributed by atoms with van der Waals surface area (Å²) in [4.78, 5) is 11.0. The van der Waals surface area contributed by atoms with Gasteiger partial charge in [-0.1, -0.05) is 12.2 Å². The summed E-state index contributed by atoms with van der Waals surface area (Å²) < 4.78 is 17.3. The Morgan fingerprint density at radius 1 is 1.10 bits per heavy atom. The van der Waals surface area contributed by atoms with Crippen molar-refractivity contribution in [2.45, 2.75) is 18.4 Å². The van der Waals surface area contributed by atoms with Crippen molar-refractivity contribution in [3.05, 3.63) is 62.1 Å². The fourth-order valence-corrected chi connectivity index (χ4v) is 4.99. The number of benzene rings is 2. The zero-order valence-corrected chi connectivity index (χ0v) is 17.9. The summed E-state index contributed by atoms with van der Waals surface area (Å²) in [7, 11) is 4.74. The molecule has 152 valence electrons. The quantitative estimate of drug-likeness (QED) is 0.374. The van der Waals surface area contributed by atoms with Crippen molar-refractivity contribution in [1.29, 1.82) is 0 Å². The normalized spacial score (nSPS) is 21.7. The number of hydrogen-bond donors (Lipinski definition) is 1. The van der Waals surface area contributed by atoms with Gasteiger partial charge < -0.3 is 19.5 Å². The highest BCUT2D eigenvalue weighted by atomic mass is 79.9. The van der Waals surface area contributed by atoms with Crippen LogP contribution in [0.4, 0.5) is 11.4 Å². The second kappa shape index (κ2) is 7.59. The molecule has 0 saturated carbocycles. The first-order valence-corrected chi connectivity index (χ1v) is 9.98. The van der Waals surface area contributed by atoms with Crippen molar-refractivity contribution in [2.75, 3.05) is 26.6 Å². The lowest BCUT2D eigenvalue weighted by atomic mass is 9.76. The molecule has 4 rings (SSSR count). The van der Waals surface area contributed by atoms with Crippen LogP contribution in [0.25, 0.3) is 0 Å². The van der Waals surface area contributed by atoms with Gasteiger partial charge in [-0.15, -0.1) is 0 Å². The molecule has 1 heterocycles. The molecule has 3 atom stereocenters. The Hall–Kier alpha value is -2.74. The maximum absolute atomic E-state index is 11.4. The number of fused-ring (bicyclic) bond motifs is 3. The van der Waals surface area contributed by atoms with E-state index >= 15 is 0 Å². The number of ether oxygens (including phenoxy) is 3. The van der Waals surface area contributed by atoms with Gasteiger partial charge in [-0.2, -0.15) is 0 Å². The topological polar surface area (TPSA) is 82.9 Å². The summed E-state index contributed by atoms with van der Waals surface area (Å²) in [6.45, 7) is 0. The third-order valence-electron chi connectivity index (χ3n) is 5.66. The largest absolute Gasteiger partial charge is 0.494 e. The van der Waals surface area contributed by atoms with E-state index < -0.39 is 0 Å². The molecule has 7 nitrogen and oxygen atoms in total. The average Bonchev–Trinajstić information content (AvgIpc) is 3.21. The highest BCUT2D eigenvalue weighted by Crippen LogP contribution is 2.54. The minimum absolute atomic E-state index is 0.0195. The first-order chi connectivity index (χ1) is 14.0. The van der Waals surface area contributed by atoms with Gasteiger partial charge in [0.25, 0.3) is 5.69 Å². The van der Waals surface area contributed by atoms with Gasteiger partial charge >= 0.3 is 0 Å². The van der Waals surface area contributed by atoms with Crippen molar-refractivity contribution in [2.24, 2.45) is 5.92 Å². The van der Waals surface area contributed by atoms with Gasteiger partial charge in [0.2, 0.25) is 0 Å². The third-order valence-corrected chi connectivity index (χ3v) is 6.25. The van der Waals surface area contributed by atoms with Crippen molar-refractivity contribution in [3.8, 4) is 17.2 Å². The molecular formula is C21H21BrN2O5. The van der Waals surface area contributed by atoms with Crippen LogP contribution in [-0.2, 0) is 0 Å². The Balaban J connectivity index is 1.84. The number of anilines is 1. The molecule has 2 aromatic carbocycles. The van der Waals surface area contributed by atoms with Gasteiger partial charge in [-0.3, -0.25) is 10.1 Å². The van der Waals surface area contributed by atoms with E-state index in [4.69, 9.17) is 14.2 Å². The molecule has 2 aromatic rings. The van der Waals surface area contributed by atoms with E-state index in [0.717, 1.165) is 27.7 Å². The monoisotopic (exact) mass is 460 g/mol. The summed E-state index contributed by atoms with van der Waals surface area (Å²) in [6, 6.07) is 7.09. The molecule has 1 N–H and O–H groups in total. The Morgan fingerprint density at radius 3 is 2.52 bits per heavy atom. The Kier molecular flexibility index (Phi) is 5.12. The predicted molar refractivity (Wildman–Crippen MR) is 113 cm³/mol. The van der Waals surface area contributed by atoms with Gasteiger partial charge in [0.1, 0.15) is 5.75 Å². The second-order valence-electron chi connectivity index (χ2n) is 7.08. The van der Waals surface area contributed by atoms with E-state index in [2.05, 4.69) is 33.4 Å². The third kappa shape index (κ3) is 3.21. The first-order valence-electron chi connectivity index (χ1n) is 9.19. The lowest BCUT2D eigenvalue weighted by Crippen LogP contribution is -2.29. The van der Waals surface area contributed by atoms with Crippen LogP contribution in [0.1, 0.15) is 29.5 Å². The van der Waals surface area contributed by atoms with Crippen LogP contribution in [0.2, 0.25) is 0 Å². The number of nitrogens with zero attached hydrogens (tertiary/aromatic N) is 1. The Labute approximate surface area is 176 Å². The maximum Gasteiger partial charge on any atom is 0.273 e. The van der Waals surface area contributed by atoms with Gasteiger partial charge in [0, 0.05) is 12.0 Å². The van der Waals surface area contributed by atoms with Crippen molar-refractivity contribution < 1.29 is 19.1 Å². The smallest absolute Gasteiger partial charge is 0.273 e. The molecule has 0 fully saturated rings. The van der Waals surface area contributed by atoms with Crippen molar-refractivity contribution in [3.63, 3.8) is 0 Å². The summed E-state index contributed by atoms with van der Waals surface area (Å²) in [6.07, 6.45) is 5.15. The highest BCUT2D eigenvalue weighted by molar-refractivity contribution is 9.10. The summed E-state index contributed by atoms with van der Waals surface area (Å²) in [5, 5.41) is 15.0. The number of rotatable bonds is 5. The summed E-state index contributed by atoms with van der Waals surface area (Å²) in [5.41, 5.74) is 2.76. The van der Waals surface area contributed by atoms with E-state index in [1.54, 1.807) is 20.3 Å². The molecule has 0 bridgehead atoms. The standard InChI is InChI=1S/C21H21BrN2O5/c1-27-17-10-12(24(25)26)9-15-13-5-4-6-14(13)19(23-20(15)17)11-7-16(22)21(29-3)18(8-11)28-2/h4-5,7-10,13-14,19,23H,6H2,1-3H3/t13-,14-,19+/m0/s1. The van der Waals surface area contributed by atoms with Crippen LogP contribution in [-0.4, -0.2) is 26.3 Å². The minimum Gasteiger partial charge on any atom is -0.494 e. The first kappa shape index (κ1) is 19.6. The van der Waals surface area contributed by atoms with Crippen molar-refractivity contribution >= 4 is 27.3 Å². The van der Waals surface area contributed by atoms with Crippen LogP contribution >= 0.6 is 15.9 Å². The lowest BCUT2D eigenvalue weighted by molar-refractivity contribution is -0.385. The van der Waals surface area contributed by atoms with Crippen LogP contribution < -0.4 is 19.5 Å². The fraction of sp³-hybridized carbons (Fsp3) is 0.333. The Morgan fingerprint density at radius 2 is 1.86 bits per heavy atom. The van der Waals surface area contributed by atoms with Gasteiger partial charge in [0.05, 0.1) is 48.5 Å². The molecule has 0 aromatic heterocycles. The number of allylic oxidation sites excluding steroid dienone is 2. The molecule has 8 heteroatoms. The molecule has 0 spiro atoms. The van der Waals surface area contributed by atoms with Crippen LogP contribution in [0.5, 0.6) is 17.2 Å². The highest BCUT2D eigenvalue weighted by Gasteiger charge is 2.40. The number of halogens is 1. The van der Waals surface area contributed by atoms with E-state index in [-0.39, 0.29) is 28.5 Å². The number of nitro groups is 1. The number of methoxy groups -OCH3 is 3. The molecule has 1 aliphatic carbocycles. The number of hydrogen-bond acceptors (Lipinski definition) is 6. The van der Waals surface area contributed by atoms with Crippen LogP contribution in [0.15, 0.2) is 40.9 Å². The minimum atomic E-state index is -0.381. The number of nitro benzene ring substituents is 1. The molecule has 29 heavy (non-hydrogen) atoms. The molecule has 0 saturated heterocycles. The zero-order chi connectivity index (χ0) is 20.7. The van der Waals surface area contributed by atoms with E-state index in [1.807, 2.05) is 12.1 Å². The SMILES string of the molecule is COc1cc([N+](=O)[O-])cc2c1N[C@H](c1cc(Br)c(OC)c(OC)c1)[C@H]1CC=C[C@H]21. The molecule has 1 aliphatic heterocycles. The molecular weight excluding hydrogens is 440 g/mol. The summed E-state index contributed by atoms with van der Waals surface area (Å²) >= 11 is 3.58. The second-order valence-corrected chi connectivity index (χ2v) is 7.94. The molecule has 0 radical (unpaired) electrons. The van der Waals surface area contributed by atoms with Gasteiger partial charge in [-0.25, -0.2) is 0 Å². The van der Waals surface area contributed by atoms with Crippen LogP contribution in [0, 0.1) is 16.0 Å². The molecule has 2 aliphatic rings. The lowest BCUT2D eigenvalue weighted by Gasteiger charge is -2.38. The summed E-state index contributed by atoms with van der Waals surface area (Å²) in [5.74, 6) is 2.04. The van der Waals surface area contributed by atoms with Gasteiger partial charge in [-0.05, 0) is 51.5 Å². The van der Waals surface area contributed by atoms with Crippen molar-refractivity contribution in [1.82, 2.24) is 0 Å². The van der Waals surface area contributed by atoms with E-state index in [9.17, 15) is 10.1 Å². The predicted octanol–water partition coefficient (Wildman–Crippen LogP) is 5.21. The average molecular weight is 461 g/mol. The van der Waals surface area contributed by atoms with E-state index in [1.165, 1.54) is 13.2 Å². The fourth-order valence-electron chi connectivity index (χ4n) is 4.37. The molecule has 0 unspecified atom stereocenters. The zero-order valence-electron chi connectivity index (χ0n) is 16.3. The van der Waals surface area contributed by atoms with Gasteiger partial charge in [0.15, 0.2) is 11.5 Å². The van der Waals surface area contributed by atoms with E-state index in [0.29, 0.717) is 17.2 Å². The maximum atomic E-state index is 11.4.